The molecule has 1 unspecified atom stereocenters. The maximum atomic E-state index is 5.73. The second-order valence-electron chi connectivity index (χ2n) is 3.97. The third kappa shape index (κ3) is 2.49. The maximum absolute atomic E-state index is 5.73. The van der Waals surface area contributed by atoms with Crippen molar-refractivity contribution in [3.8, 4) is 0 Å². The minimum atomic E-state index is 0. The summed E-state index contributed by atoms with van der Waals surface area (Å²) in [5.74, 6) is 0.712. The van der Waals surface area contributed by atoms with E-state index in [0.717, 1.165) is 6.54 Å². The monoisotopic (exact) mass is 211 g/mol. The zero-order chi connectivity index (χ0) is 9.10. The highest BCUT2D eigenvalue weighted by Gasteiger charge is 2.14. The van der Waals surface area contributed by atoms with Crippen LogP contribution in [0.5, 0.6) is 0 Å². The smallest absolute Gasteiger partial charge is 0.00457 e. The van der Waals surface area contributed by atoms with Crippen LogP contribution in [0.2, 0.25) is 0 Å². The average molecular weight is 212 g/mol. The SMILES string of the molecule is Cl.NCC1CCCc2ccccc2C1. The zero-order valence-corrected chi connectivity index (χ0v) is 9.22. The Labute approximate surface area is 92.1 Å². The van der Waals surface area contributed by atoms with Crippen LogP contribution in [0.25, 0.3) is 0 Å². The first-order valence-electron chi connectivity index (χ1n) is 5.17. The summed E-state index contributed by atoms with van der Waals surface area (Å²) < 4.78 is 0. The van der Waals surface area contributed by atoms with Gasteiger partial charge in [0, 0.05) is 0 Å². The largest absolute Gasteiger partial charge is 0.330 e. The van der Waals surface area contributed by atoms with Gasteiger partial charge in [-0.2, -0.15) is 0 Å². The average Bonchev–Trinajstić information content (AvgIpc) is 2.38. The van der Waals surface area contributed by atoms with Gasteiger partial charge in [-0.25, -0.2) is 0 Å². The molecular formula is C12H18ClN. The van der Waals surface area contributed by atoms with Gasteiger partial charge in [0.25, 0.3) is 0 Å². The minimum absolute atomic E-state index is 0. The van der Waals surface area contributed by atoms with Crippen molar-refractivity contribution in [1.82, 2.24) is 0 Å². The van der Waals surface area contributed by atoms with E-state index in [0.29, 0.717) is 5.92 Å². The van der Waals surface area contributed by atoms with Crippen LogP contribution in [-0.4, -0.2) is 6.54 Å². The number of hydrogen-bond donors (Lipinski definition) is 1. The van der Waals surface area contributed by atoms with Gasteiger partial charge in [-0.3, -0.25) is 0 Å². The molecule has 0 spiro atoms. The molecule has 0 heterocycles. The fourth-order valence-corrected chi connectivity index (χ4v) is 2.20. The van der Waals surface area contributed by atoms with Crippen molar-refractivity contribution in [3.05, 3.63) is 35.4 Å². The summed E-state index contributed by atoms with van der Waals surface area (Å²) in [5, 5.41) is 0. The first-order valence-corrected chi connectivity index (χ1v) is 5.17. The first kappa shape index (κ1) is 11.5. The quantitative estimate of drug-likeness (QED) is 0.710. The lowest BCUT2D eigenvalue weighted by Gasteiger charge is -2.11. The van der Waals surface area contributed by atoms with Gasteiger partial charge in [0.1, 0.15) is 0 Å². The van der Waals surface area contributed by atoms with Crippen molar-refractivity contribution >= 4 is 12.4 Å². The van der Waals surface area contributed by atoms with Crippen LogP contribution in [0.1, 0.15) is 24.0 Å². The summed E-state index contributed by atoms with van der Waals surface area (Å²) >= 11 is 0. The van der Waals surface area contributed by atoms with E-state index in [2.05, 4.69) is 24.3 Å². The molecule has 78 valence electrons. The number of nitrogens with two attached hydrogens (primary N) is 1. The van der Waals surface area contributed by atoms with Gasteiger partial charge >= 0.3 is 0 Å². The molecule has 1 aromatic rings. The first-order chi connectivity index (χ1) is 6.40. The Balaban J connectivity index is 0.000000980. The Bertz CT molecular complexity index is 285. The van der Waals surface area contributed by atoms with E-state index in [1.54, 1.807) is 5.56 Å². The van der Waals surface area contributed by atoms with Crippen LogP contribution < -0.4 is 5.73 Å². The number of halogens is 1. The molecule has 1 aromatic carbocycles. The maximum Gasteiger partial charge on any atom is -0.00457 e. The van der Waals surface area contributed by atoms with E-state index in [4.69, 9.17) is 5.73 Å². The standard InChI is InChI=1S/C12H17N.ClH/c13-9-10-4-3-7-11-5-1-2-6-12(11)8-10;/h1-2,5-6,10H,3-4,7-9,13H2;1H. The van der Waals surface area contributed by atoms with E-state index >= 15 is 0 Å². The molecule has 0 saturated carbocycles. The number of aryl methyl sites for hydroxylation is 1. The topological polar surface area (TPSA) is 26.0 Å². The predicted molar refractivity (Wildman–Crippen MR) is 62.9 cm³/mol. The van der Waals surface area contributed by atoms with Crippen molar-refractivity contribution in [1.29, 1.82) is 0 Å². The van der Waals surface area contributed by atoms with E-state index in [1.165, 1.54) is 31.2 Å². The van der Waals surface area contributed by atoms with E-state index < -0.39 is 0 Å². The van der Waals surface area contributed by atoms with Gasteiger partial charge in [-0.15, -0.1) is 12.4 Å². The molecule has 1 aliphatic carbocycles. The summed E-state index contributed by atoms with van der Waals surface area (Å²) in [6.07, 6.45) is 5.03. The lowest BCUT2D eigenvalue weighted by atomic mass is 9.97. The zero-order valence-electron chi connectivity index (χ0n) is 8.41. The highest BCUT2D eigenvalue weighted by atomic mass is 35.5. The Morgan fingerprint density at radius 2 is 1.93 bits per heavy atom. The minimum Gasteiger partial charge on any atom is -0.330 e. The Hall–Kier alpha value is -0.530. The molecule has 1 atom stereocenters. The Morgan fingerprint density at radius 3 is 2.64 bits per heavy atom. The number of fused-ring (bicyclic) bond motifs is 1. The van der Waals surface area contributed by atoms with Crippen molar-refractivity contribution in [2.24, 2.45) is 11.7 Å². The van der Waals surface area contributed by atoms with E-state index in [1.807, 2.05) is 0 Å². The molecular weight excluding hydrogens is 194 g/mol. The second-order valence-corrected chi connectivity index (χ2v) is 3.97. The summed E-state index contributed by atoms with van der Waals surface area (Å²) in [6, 6.07) is 8.79. The van der Waals surface area contributed by atoms with Crippen LogP contribution in [0.4, 0.5) is 0 Å². The highest BCUT2D eigenvalue weighted by Crippen LogP contribution is 2.23. The molecule has 0 bridgehead atoms. The van der Waals surface area contributed by atoms with Crippen molar-refractivity contribution in [2.75, 3.05) is 6.54 Å². The van der Waals surface area contributed by atoms with Crippen LogP contribution >= 0.6 is 12.4 Å². The normalized spacial score (nSPS) is 20.5. The molecule has 0 amide bonds. The number of hydrogen-bond acceptors (Lipinski definition) is 1. The molecule has 2 N–H and O–H groups in total. The molecule has 0 aliphatic heterocycles. The van der Waals surface area contributed by atoms with Crippen LogP contribution in [0, 0.1) is 5.92 Å². The lowest BCUT2D eigenvalue weighted by Crippen LogP contribution is -2.15. The van der Waals surface area contributed by atoms with Gasteiger partial charge in [0.15, 0.2) is 0 Å². The molecule has 1 nitrogen and oxygen atoms in total. The van der Waals surface area contributed by atoms with Gasteiger partial charge in [0.2, 0.25) is 0 Å². The third-order valence-corrected chi connectivity index (χ3v) is 3.02. The molecule has 0 fully saturated rings. The van der Waals surface area contributed by atoms with Gasteiger partial charge < -0.3 is 5.73 Å². The highest BCUT2D eigenvalue weighted by molar-refractivity contribution is 5.85. The van der Waals surface area contributed by atoms with E-state index in [9.17, 15) is 0 Å². The van der Waals surface area contributed by atoms with Crippen LogP contribution in [0.3, 0.4) is 0 Å². The van der Waals surface area contributed by atoms with Crippen molar-refractivity contribution < 1.29 is 0 Å². The summed E-state index contributed by atoms with van der Waals surface area (Å²) in [5.41, 5.74) is 8.79. The van der Waals surface area contributed by atoms with Crippen molar-refractivity contribution in [2.45, 2.75) is 25.7 Å². The fraction of sp³-hybridized carbons (Fsp3) is 0.500. The molecule has 2 heteroatoms. The van der Waals surface area contributed by atoms with Gasteiger partial charge in [-0.1, -0.05) is 24.3 Å². The Kier molecular flexibility index (Phi) is 4.43. The molecule has 0 saturated heterocycles. The summed E-state index contributed by atoms with van der Waals surface area (Å²) in [6.45, 7) is 0.842. The predicted octanol–water partition coefficient (Wildman–Crippen LogP) is 2.56. The molecule has 2 rings (SSSR count). The van der Waals surface area contributed by atoms with Gasteiger partial charge in [-0.05, 0) is 49.3 Å². The van der Waals surface area contributed by atoms with Crippen molar-refractivity contribution in [3.63, 3.8) is 0 Å². The summed E-state index contributed by atoms with van der Waals surface area (Å²) in [7, 11) is 0. The number of rotatable bonds is 1. The van der Waals surface area contributed by atoms with Crippen LogP contribution in [-0.2, 0) is 12.8 Å². The third-order valence-electron chi connectivity index (χ3n) is 3.02. The van der Waals surface area contributed by atoms with Crippen LogP contribution in [0.15, 0.2) is 24.3 Å². The molecule has 14 heavy (non-hydrogen) atoms. The number of benzene rings is 1. The van der Waals surface area contributed by atoms with Gasteiger partial charge in [0.05, 0.1) is 0 Å². The second kappa shape index (κ2) is 5.38. The Morgan fingerprint density at radius 1 is 1.21 bits per heavy atom. The lowest BCUT2D eigenvalue weighted by molar-refractivity contribution is 0.491. The summed E-state index contributed by atoms with van der Waals surface area (Å²) in [4.78, 5) is 0. The van der Waals surface area contributed by atoms with E-state index in [-0.39, 0.29) is 12.4 Å². The molecule has 0 radical (unpaired) electrons. The molecule has 0 aromatic heterocycles. The fourth-order valence-electron chi connectivity index (χ4n) is 2.20. The molecule has 1 aliphatic rings.